The Labute approximate surface area is 123 Å². The lowest BCUT2D eigenvalue weighted by atomic mass is 10.2. The zero-order chi connectivity index (χ0) is 14.8. The molecule has 3 rings (SSSR count). The van der Waals surface area contributed by atoms with Gasteiger partial charge in [-0.05, 0) is 6.42 Å². The molecule has 21 heavy (non-hydrogen) atoms. The molecule has 0 aromatic carbocycles. The molecule has 3 heterocycles. The molecule has 2 amide bonds. The molecule has 7 nitrogen and oxygen atoms in total. The first-order valence-corrected chi connectivity index (χ1v) is 7.52. The van der Waals surface area contributed by atoms with Gasteiger partial charge in [0, 0.05) is 38.8 Å². The Morgan fingerprint density at radius 2 is 2.43 bits per heavy atom. The number of nitrogens with one attached hydrogen (secondary N) is 2. The summed E-state index contributed by atoms with van der Waals surface area (Å²) in [6.45, 7) is 5.83. The average molecular weight is 291 g/mol. The third-order valence-electron chi connectivity index (χ3n) is 3.95. The van der Waals surface area contributed by atoms with Crippen LogP contribution in [0.4, 0.5) is 0 Å². The maximum absolute atomic E-state index is 12.3. The molecule has 1 aromatic heterocycles. The van der Waals surface area contributed by atoms with Crippen LogP contribution in [0.5, 0.6) is 0 Å². The van der Waals surface area contributed by atoms with Crippen LogP contribution in [0.25, 0.3) is 0 Å². The molecule has 1 unspecified atom stereocenters. The second-order valence-electron chi connectivity index (χ2n) is 5.63. The van der Waals surface area contributed by atoms with E-state index in [1.165, 1.54) is 0 Å². The van der Waals surface area contributed by atoms with Crippen molar-refractivity contribution in [2.75, 3.05) is 19.6 Å². The highest BCUT2D eigenvalue weighted by atomic mass is 16.2. The standard InChI is InChI=1S/C14H21N5O2/c1-2-4-19-8-10(6-13(19)20)16-14(21)11-9-18-5-3-15-7-12(18)17-11/h9-10,15H,2-8H2,1H3,(H,16,21). The van der Waals surface area contributed by atoms with Gasteiger partial charge < -0.3 is 20.1 Å². The van der Waals surface area contributed by atoms with Crippen molar-refractivity contribution in [3.05, 3.63) is 17.7 Å². The lowest BCUT2D eigenvalue weighted by molar-refractivity contribution is -0.127. The minimum Gasteiger partial charge on any atom is -0.346 e. The molecule has 2 aliphatic rings. The molecule has 1 atom stereocenters. The van der Waals surface area contributed by atoms with Gasteiger partial charge in [-0.1, -0.05) is 6.92 Å². The van der Waals surface area contributed by atoms with E-state index in [9.17, 15) is 9.59 Å². The van der Waals surface area contributed by atoms with Crippen LogP contribution >= 0.6 is 0 Å². The van der Waals surface area contributed by atoms with E-state index in [1.807, 2.05) is 16.4 Å². The van der Waals surface area contributed by atoms with Crippen molar-refractivity contribution in [1.29, 1.82) is 0 Å². The SMILES string of the molecule is CCCN1CC(NC(=O)c2cn3c(n2)CNCC3)CC1=O. The molecular weight excluding hydrogens is 270 g/mol. The van der Waals surface area contributed by atoms with Crippen molar-refractivity contribution in [3.63, 3.8) is 0 Å². The number of nitrogens with zero attached hydrogens (tertiary/aromatic N) is 3. The van der Waals surface area contributed by atoms with Crippen LogP contribution in [0, 0.1) is 0 Å². The lowest BCUT2D eigenvalue weighted by Gasteiger charge is -2.15. The molecule has 2 aliphatic heterocycles. The fourth-order valence-electron chi connectivity index (χ4n) is 2.91. The van der Waals surface area contributed by atoms with E-state index >= 15 is 0 Å². The van der Waals surface area contributed by atoms with Gasteiger partial charge in [0.25, 0.3) is 5.91 Å². The van der Waals surface area contributed by atoms with Crippen molar-refractivity contribution < 1.29 is 9.59 Å². The van der Waals surface area contributed by atoms with Crippen LogP contribution in [0.15, 0.2) is 6.20 Å². The van der Waals surface area contributed by atoms with Crippen LogP contribution in [0.1, 0.15) is 36.1 Å². The van der Waals surface area contributed by atoms with E-state index in [-0.39, 0.29) is 17.9 Å². The lowest BCUT2D eigenvalue weighted by Crippen LogP contribution is -2.37. The van der Waals surface area contributed by atoms with Crippen molar-refractivity contribution >= 4 is 11.8 Å². The minimum atomic E-state index is -0.187. The molecule has 1 saturated heterocycles. The molecule has 0 radical (unpaired) electrons. The highest BCUT2D eigenvalue weighted by Crippen LogP contribution is 2.13. The van der Waals surface area contributed by atoms with Crippen LogP contribution < -0.4 is 10.6 Å². The quantitative estimate of drug-likeness (QED) is 0.800. The molecule has 7 heteroatoms. The fourth-order valence-corrected chi connectivity index (χ4v) is 2.91. The van der Waals surface area contributed by atoms with E-state index < -0.39 is 0 Å². The zero-order valence-corrected chi connectivity index (χ0v) is 12.3. The number of hydrogen-bond donors (Lipinski definition) is 2. The number of likely N-dealkylation sites (tertiary alicyclic amines) is 1. The first-order chi connectivity index (χ1) is 10.2. The Hall–Kier alpha value is -1.89. The summed E-state index contributed by atoms with van der Waals surface area (Å²) in [6.07, 6.45) is 3.13. The number of aromatic nitrogens is 2. The molecule has 0 saturated carbocycles. The third-order valence-corrected chi connectivity index (χ3v) is 3.95. The van der Waals surface area contributed by atoms with E-state index in [0.29, 0.717) is 25.2 Å². The maximum atomic E-state index is 12.3. The Kier molecular flexibility index (Phi) is 3.92. The summed E-state index contributed by atoms with van der Waals surface area (Å²) in [6, 6.07) is -0.103. The molecule has 0 spiro atoms. The number of amides is 2. The predicted octanol–water partition coefficient (Wildman–Crippen LogP) is -0.273. The van der Waals surface area contributed by atoms with E-state index in [4.69, 9.17) is 0 Å². The summed E-state index contributed by atoms with van der Waals surface area (Å²) < 4.78 is 2.01. The summed E-state index contributed by atoms with van der Waals surface area (Å²) in [7, 11) is 0. The number of imidazole rings is 1. The van der Waals surface area contributed by atoms with Crippen molar-refractivity contribution in [3.8, 4) is 0 Å². The number of rotatable bonds is 4. The number of carbonyl (C=O) groups excluding carboxylic acids is 2. The molecular formula is C14H21N5O2. The molecule has 2 N–H and O–H groups in total. The van der Waals surface area contributed by atoms with Gasteiger partial charge in [0.15, 0.2) is 0 Å². The monoisotopic (exact) mass is 291 g/mol. The number of carbonyl (C=O) groups is 2. The highest BCUT2D eigenvalue weighted by molar-refractivity contribution is 5.93. The van der Waals surface area contributed by atoms with Gasteiger partial charge in [-0.15, -0.1) is 0 Å². The summed E-state index contributed by atoms with van der Waals surface area (Å²) in [4.78, 5) is 30.2. The number of fused-ring (bicyclic) bond motifs is 1. The molecule has 0 bridgehead atoms. The van der Waals surface area contributed by atoms with Crippen molar-refractivity contribution in [2.45, 2.75) is 38.9 Å². The molecule has 0 aliphatic carbocycles. The average Bonchev–Trinajstić information content (AvgIpc) is 3.03. The third kappa shape index (κ3) is 2.92. The predicted molar refractivity (Wildman–Crippen MR) is 76.7 cm³/mol. The first kappa shape index (κ1) is 14.1. The Morgan fingerprint density at radius 3 is 3.19 bits per heavy atom. The summed E-state index contributed by atoms with van der Waals surface area (Å²) in [5, 5.41) is 6.15. The zero-order valence-electron chi connectivity index (χ0n) is 12.3. The van der Waals surface area contributed by atoms with Crippen LogP contribution in [0.2, 0.25) is 0 Å². The second-order valence-corrected chi connectivity index (χ2v) is 5.63. The van der Waals surface area contributed by atoms with Gasteiger partial charge in [-0.3, -0.25) is 9.59 Å². The van der Waals surface area contributed by atoms with Crippen molar-refractivity contribution in [2.24, 2.45) is 0 Å². The summed E-state index contributed by atoms with van der Waals surface area (Å²) in [5.74, 6) is 0.824. The van der Waals surface area contributed by atoms with E-state index in [0.717, 1.165) is 31.9 Å². The topological polar surface area (TPSA) is 79.3 Å². The van der Waals surface area contributed by atoms with Crippen molar-refractivity contribution in [1.82, 2.24) is 25.1 Å². The van der Waals surface area contributed by atoms with Gasteiger partial charge in [0.2, 0.25) is 5.91 Å². The Morgan fingerprint density at radius 1 is 1.57 bits per heavy atom. The largest absolute Gasteiger partial charge is 0.346 e. The van der Waals surface area contributed by atoms with Gasteiger partial charge in [-0.25, -0.2) is 4.98 Å². The summed E-state index contributed by atoms with van der Waals surface area (Å²) in [5.41, 5.74) is 0.440. The van der Waals surface area contributed by atoms with Crippen LogP contribution in [0.3, 0.4) is 0 Å². The Balaban J connectivity index is 1.62. The first-order valence-electron chi connectivity index (χ1n) is 7.52. The van der Waals surface area contributed by atoms with E-state index in [1.54, 1.807) is 6.20 Å². The van der Waals surface area contributed by atoms with Crippen LogP contribution in [-0.2, 0) is 17.9 Å². The van der Waals surface area contributed by atoms with Gasteiger partial charge in [-0.2, -0.15) is 0 Å². The normalized spacial score (nSPS) is 21.5. The number of hydrogen-bond acceptors (Lipinski definition) is 4. The molecule has 114 valence electrons. The molecule has 1 aromatic rings. The minimum absolute atomic E-state index is 0.103. The second kappa shape index (κ2) is 5.85. The van der Waals surface area contributed by atoms with Gasteiger partial charge >= 0.3 is 0 Å². The van der Waals surface area contributed by atoms with Gasteiger partial charge in [0.1, 0.15) is 11.5 Å². The fraction of sp³-hybridized carbons (Fsp3) is 0.643. The van der Waals surface area contributed by atoms with E-state index in [2.05, 4.69) is 15.6 Å². The highest BCUT2D eigenvalue weighted by Gasteiger charge is 2.30. The Bertz CT molecular complexity index is 530. The van der Waals surface area contributed by atoms with Gasteiger partial charge in [0.05, 0.1) is 12.6 Å². The van der Waals surface area contributed by atoms with Crippen LogP contribution in [-0.4, -0.2) is 51.9 Å². The molecule has 1 fully saturated rings. The smallest absolute Gasteiger partial charge is 0.271 e. The maximum Gasteiger partial charge on any atom is 0.271 e. The summed E-state index contributed by atoms with van der Waals surface area (Å²) >= 11 is 0.